The number of carbonyl (C=O) groups excluding carboxylic acids is 1. The van der Waals surface area contributed by atoms with E-state index in [1.165, 1.54) is 6.42 Å². The van der Waals surface area contributed by atoms with Gasteiger partial charge in [-0.25, -0.2) is 0 Å². The average molecular weight is 169 g/mol. The predicted molar refractivity (Wildman–Crippen MR) is 49.9 cm³/mol. The van der Waals surface area contributed by atoms with Gasteiger partial charge in [-0.2, -0.15) is 0 Å². The second-order valence-corrected chi connectivity index (χ2v) is 4.53. The third-order valence-corrected chi connectivity index (χ3v) is 2.65. The van der Waals surface area contributed by atoms with Crippen molar-refractivity contribution in [3.63, 3.8) is 0 Å². The molecule has 0 aliphatic heterocycles. The van der Waals surface area contributed by atoms with Crippen molar-refractivity contribution in [1.29, 1.82) is 0 Å². The van der Waals surface area contributed by atoms with Crippen molar-refractivity contribution in [1.82, 2.24) is 5.32 Å². The van der Waals surface area contributed by atoms with Gasteiger partial charge in [0, 0.05) is 12.5 Å². The van der Waals surface area contributed by atoms with Crippen LogP contribution in [0.4, 0.5) is 0 Å². The quantitative estimate of drug-likeness (QED) is 0.673. The molecule has 0 saturated heterocycles. The summed E-state index contributed by atoms with van der Waals surface area (Å²) in [5.41, 5.74) is 0.436. The van der Waals surface area contributed by atoms with Crippen LogP contribution >= 0.6 is 0 Å². The van der Waals surface area contributed by atoms with Crippen LogP contribution in [0.2, 0.25) is 0 Å². The molecule has 0 radical (unpaired) electrons. The third-order valence-electron chi connectivity index (χ3n) is 2.65. The van der Waals surface area contributed by atoms with E-state index in [0.29, 0.717) is 17.9 Å². The molecule has 2 heteroatoms. The molecular formula is C10H19NO. The van der Waals surface area contributed by atoms with E-state index in [2.05, 4.69) is 19.2 Å². The van der Waals surface area contributed by atoms with E-state index in [-0.39, 0.29) is 5.91 Å². The Morgan fingerprint density at radius 3 is 2.67 bits per heavy atom. The first kappa shape index (κ1) is 9.56. The lowest BCUT2D eigenvalue weighted by atomic mass is 9.92. The zero-order valence-corrected chi connectivity index (χ0v) is 8.31. The van der Waals surface area contributed by atoms with Gasteiger partial charge in [-0.3, -0.25) is 4.79 Å². The van der Waals surface area contributed by atoms with Crippen LogP contribution in [-0.2, 0) is 4.79 Å². The van der Waals surface area contributed by atoms with Gasteiger partial charge in [0.2, 0.25) is 5.91 Å². The number of nitrogens with one attached hydrogen (secondary N) is 1. The van der Waals surface area contributed by atoms with Gasteiger partial charge in [-0.15, -0.1) is 0 Å². The van der Waals surface area contributed by atoms with Crippen LogP contribution in [0.5, 0.6) is 0 Å². The summed E-state index contributed by atoms with van der Waals surface area (Å²) in [5.74, 6) is 0.192. The van der Waals surface area contributed by atoms with Crippen LogP contribution < -0.4 is 5.32 Å². The lowest BCUT2D eigenvalue weighted by Gasteiger charge is -2.17. The van der Waals surface area contributed by atoms with Crippen molar-refractivity contribution in [2.24, 2.45) is 5.41 Å². The van der Waals surface area contributed by atoms with Crippen LogP contribution in [0, 0.1) is 5.41 Å². The van der Waals surface area contributed by atoms with Gasteiger partial charge in [-0.1, -0.05) is 20.8 Å². The molecule has 1 fully saturated rings. The van der Waals surface area contributed by atoms with Crippen molar-refractivity contribution in [2.75, 3.05) is 0 Å². The minimum absolute atomic E-state index is 0.192. The Morgan fingerprint density at radius 2 is 2.25 bits per heavy atom. The molecule has 0 heterocycles. The van der Waals surface area contributed by atoms with Crippen molar-refractivity contribution < 1.29 is 4.79 Å². The molecule has 1 saturated carbocycles. The molecule has 0 aromatic carbocycles. The molecule has 1 amide bonds. The van der Waals surface area contributed by atoms with Gasteiger partial charge in [0.15, 0.2) is 0 Å². The van der Waals surface area contributed by atoms with Crippen LogP contribution in [0.1, 0.15) is 46.5 Å². The molecule has 0 aromatic heterocycles. The fourth-order valence-electron chi connectivity index (χ4n) is 1.89. The first-order valence-corrected chi connectivity index (χ1v) is 4.83. The summed E-state index contributed by atoms with van der Waals surface area (Å²) >= 11 is 0. The van der Waals surface area contributed by atoms with Crippen LogP contribution in [0.25, 0.3) is 0 Å². The predicted octanol–water partition coefficient (Wildman–Crippen LogP) is 2.09. The molecular weight excluding hydrogens is 150 g/mol. The minimum atomic E-state index is 0.192. The number of rotatable bonds is 2. The first-order chi connectivity index (χ1) is 5.53. The van der Waals surface area contributed by atoms with Crippen molar-refractivity contribution >= 4 is 5.91 Å². The molecule has 1 aliphatic carbocycles. The maximum Gasteiger partial charge on any atom is 0.219 e. The lowest BCUT2D eigenvalue weighted by molar-refractivity contribution is -0.121. The van der Waals surface area contributed by atoms with Crippen LogP contribution in [0.15, 0.2) is 0 Å². The number of carbonyl (C=O) groups is 1. The molecule has 70 valence electrons. The Hall–Kier alpha value is -0.530. The Balaban J connectivity index is 2.33. The Labute approximate surface area is 74.7 Å². The van der Waals surface area contributed by atoms with Gasteiger partial charge < -0.3 is 5.32 Å². The molecule has 1 rings (SSSR count). The Bertz CT molecular complexity index is 175. The molecule has 0 aromatic rings. The second-order valence-electron chi connectivity index (χ2n) is 4.53. The zero-order valence-electron chi connectivity index (χ0n) is 8.31. The van der Waals surface area contributed by atoms with E-state index in [4.69, 9.17) is 0 Å². The molecule has 1 unspecified atom stereocenters. The second kappa shape index (κ2) is 3.46. The van der Waals surface area contributed by atoms with Crippen LogP contribution in [-0.4, -0.2) is 11.9 Å². The highest BCUT2D eigenvalue weighted by Crippen LogP contribution is 2.36. The molecule has 2 nitrogen and oxygen atoms in total. The van der Waals surface area contributed by atoms with Crippen molar-refractivity contribution in [2.45, 2.75) is 52.5 Å². The van der Waals surface area contributed by atoms with Crippen molar-refractivity contribution in [3.05, 3.63) is 0 Å². The van der Waals surface area contributed by atoms with Crippen LogP contribution in [0.3, 0.4) is 0 Å². The molecule has 0 spiro atoms. The van der Waals surface area contributed by atoms with E-state index in [1.54, 1.807) is 0 Å². The standard InChI is InChI=1S/C10H19NO/c1-4-9(12)11-8-5-6-10(2,3)7-8/h8H,4-7H2,1-3H3,(H,11,12). The minimum Gasteiger partial charge on any atom is -0.353 e. The average Bonchev–Trinajstić information content (AvgIpc) is 2.30. The van der Waals surface area contributed by atoms with Gasteiger partial charge >= 0.3 is 0 Å². The summed E-state index contributed by atoms with van der Waals surface area (Å²) in [6.07, 6.45) is 4.13. The summed E-state index contributed by atoms with van der Waals surface area (Å²) in [4.78, 5) is 11.1. The summed E-state index contributed by atoms with van der Waals surface area (Å²) in [6.45, 7) is 6.44. The van der Waals surface area contributed by atoms with E-state index in [1.807, 2.05) is 6.92 Å². The highest BCUT2D eigenvalue weighted by atomic mass is 16.1. The molecule has 12 heavy (non-hydrogen) atoms. The van der Waals surface area contributed by atoms with Gasteiger partial charge in [-0.05, 0) is 24.7 Å². The van der Waals surface area contributed by atoms with Gasteiger partial charge in [0.25, 0.3) is 0 Å². The molecule has 1 aliphatic rings. The highest BCUT2D eigenvalue weighted by Gasteiger charge is 2.31. The van der Waals surface area contributed by atoms with E-state index in [9.17, 15) is 4.79 Å². The SMILES string of the molecule is CCC(=O)NC1CCC(C)(C)C1. The normalized spacial score (nSPS) is 27.1. The smallest absolute Gasteiger partial charge is 0.219 e. The molecule has 1 N–H and O–H groups in total. The fourth-order valence-corrected chi connectivity index (χ4v) is 1.89. The number of hydrogen-bond donors (Lipinski definition) is 1. The summed E-state index contributed by atoms with van der Waals surface area (Å²) < 4.78 is 0. The van der Waals surface area contributed by atoms with E-state index in [0.717, 1.165) is 12.8 Å². The first-order valence-electron chi connectivity index (χ1n) is 4.83. The van der Waals surface area contributed by atoms with Gasteiger partial charge in [0.1, 0.15) is 0 Å². The largest absolute Gasteiger partial charge is 0.353 e. The molecule has 0 bridgehead atoms. The van der Waals surface area contributed by atoms with E-state index < -0.39 is 0 Å². The number of amides is 1. The monoisotopic (exact) mass is 169 g/mol. The topological polar surface area (TPSA) is 29.1 Å². The summed E-state index contributed by atoms with van der Waals surface area (Å²) in [5, 5.41) is 3.05. The summed E-state index contributed by atoms with van der Waals surface area (Å²) in [6, 6.07) is 0.437. The third kappa shape index (κ3) is 2.50. The fraction of sp³-hybridized carbons (Fsp3) is 0.900. The lowest BCUT2D eigenvalue weighted by Crippen LogP contribution is -2.32. The Morgan fingerprint density at radius 1 is 1.58 bits per heavy atom. The van der Waals surface area contributed by atoms with E-state index >= 15 is 0 Å². The number of hydrogen-bond acceptors (Lipinski definition) is 1. The zero-order chi connectivity index (χ0) is 9.19. The summed E-state index contributed by atoms with van der Waals surface area (Å²) in [7, 11) is 0. The maximum atomic E-state index is 11.1. The maximum absolute atomic E-state index is 11.1. The van der Waals surface area contributed by atoms with Crippen molar-refractivity contribution in [3.8, 4) is 0 Å². The highest BCUT2D eigenvalue weighted by molar-refractivity contribution is 5.75. The van der Waals surface area contributed by atoms with Gasteiger partial charge in [0.05, 0.1) is 0 Å². The molecule has 1 atom stereocenters. The Kier molecular flexibility index (Phi) is 2.76.